The van der Waals surface area contributed by atoms with E-state index in [4.69, 9.17) is 5.73 Å². The summed E-state index contributed by atoms with van der Waals surface area (Å²) in [5, 5.41) is 2.94. The van der Waals surface area contributed by atoms with Gasteiger partial charge in [-0.05, 0) is 24.7 Å². The average molecular weight is 184 g/mol. The number of carbonyl (C=O) groups is 1. The van der Waals surface area contributed by atoms with Gasteiger partial charge in [0.1, 0.15) is 0 Å². The van der Waals surface area contributed by atoms with Crippen LogP contribution in [0.4, 0.5) is 0 Å². The Morgan fingerprint density at radius 2 is 2.00 bits per heavy atom. The lowest BCUT2D eigenvalue weighted by molar-refractivity contribution is -0.120. The molecule has 1 fully saturated rings. The molecule has 1 aliphatic carbocycles. The quantitative estimate of drug-likeness (QED) is 0.635. The molecule has 0 aromatic carbocycles. The molecular weight excluding hydrogens is 164 g/mol. The Hall–Kier alpha value is -0.570. The third kappa shape index (κ3) is 2.69. The summed E-state index contributed by atoms with van der Waals surface area (Å²) in [6.45, 7) is 5.94. The van der Waals surface area contributed by atoms with Gasteiger partial charge < -0.3 is 11.1 Å². The van der Waals surface area contributed by atoms with Crippen molar-refractivity contribution in [3.63, 3.8) is 0 Å². The summed E-state index contributed by atoms with van der Waals surface area (Å²) in [4.78, 5) is 10.9. The van der Waals surface area contributed by atoms with Crippen LogP contribution in [0.5, 0.6) is 0 Å². The fourth-order valence-electron chi connectivity index (χ4n) is 2.39. The van der Waals surface area contributed by atoms with Crippen molar-refractivity contribution in [3.8, 4) is 0 Å². The van der Waals surface area contributed by atoms with Gasteiger partial charge in [-0.3, -0.25) is 4.79 Å². The standard InChI is InChI=1S/C10H20N2O/c1-6-4-7(2)10(9(11)5-6)12-8(3)13/h6-7,9-10H,4-5,11H2,1-3H3,(H,12,13)/t6-,7+,9-,10+/m1/s1. The van der Waals surface area contributed by atoms with Crippen LogP contribution < -0.4 is 11.1 Å². The molecule has 0 spiro atoms. The van der Waals surface area contributed by atoms with Crippen LogP contribution in [0.25, 0.3) is 0 Å². The molecule has 0 heterocycles. The predicted molar refractivity (Wildman–Crippen MR) is 53.1 cm³/mol. The van der Waals surface area contributed by atoms with Crippen LogP contribution in [0.2, 0.25) is 0 Å². The minimum absolute atomic E-state index is 0.0295. The van der Waals surface area contributed by atoms with Crippen molar-refractivity contribution in [2.75, 3.05) is 0 Å². The number of nitrogens with one attached hydrogen (secondary N) is 1. The maximum atomic E-state index is 10.9. The summed E-state index contributed by atoms with van der Waals surface area (Å²) in [6.07, 6.45) is 2.19. The molecule has 3 nitrogen and oxygen atoms in total. The van der Waals surface area contributed by atoms with Gasteiger partial charge in [-0.2, -0.15) is 0 Å². The monoisotopic (exact) mass is 184 g/mol. The van der Waals surface area contributed by atoms with Gasteiger partial charge >= 0.3 is 0 Å². The molecule has 0 bridgehead atoms. The smallest absolute Gasteiger partial charge is 0.217 e. The van der Waals surface area contributed by atoms with Crippen molar-refractivity contribution >= 4 is 5.91 Å². The molecule has 1 aliphatic rings. The maximum absolute atomic E-state index is 10.9. The predicted octanol–water partition coefficient (Wildman–Crippen LogP) is 0.884. The molecule has 76 valence electrons. The zero-order valence-electron chi connectivity index (χ0n) is 8.71. The highest BCUT2D eigenvalue weighted by Crippen LogP contribution is 2.27. The number of hydrogen-bond acceptors (Lipinski definition) is 2. The van der Waals surface area contributed by atoms with E-state index in [-0.39, 0.29) is 18.0 Å². The van der Waals surface area contributed by atoms with Crippen LogP contribution in [-0.4, -0.2) is 18.0 Å². The first kappa shape index (κ1) is 10.5. The van der Waals surface area contributed by atoms with Crippen LogP contribution in [0, 0.1) is 11.8 Å². The Labute approximate surface area is 80.1 Å². The SMILES string of the molecule is CC(=O)N[C@@H]1[C@H](N)C[C@H](C)C[C@@H]1C. The summed E-state index contributed by atoms with van der Waals surface area (Å²) in [5.74, 6) is 1.22. The van der Waals surface area contributed by atoms with Crippen molar-refractivity contribution in [2.24, 2.45) is 17.6 Å². The lowest BCUT2D eigenvalue weighted by Crippen LogP contribution is -2.54. The first-order valence-electron chi connectivity index (χ1n) is 5.03. The summed E-state index contributed by atoms with van der Waals surface area (Å²) >= 11 is 0. The van der Waals surface area contributed by atoms with E-state index in [1.165, 1.54) is 6.42 Å². The van der Waals surface area contributed by atoms with Crippen LogP contribution in [0.3, 0.4) is 0 Å². The largest absolute Gasteiger partial charge is 0.352 e. The van der Waals surface area contributed by atoms with Crippen LogP contribution in [0.1, 0.15) is 33.6 Å². The van der Waals surface area contributed by atoms with Gasteiger partial charge in [0.15, 0.2) is 0 Å². The fraction of sp³-hybridized carbons (Fsp3) is 0.900. The molecule has 3 N–H and O–H groups in total. The second kappa shape index (κ2) is 4.09. The highest BCUT2D eigenvalue weighted by molar-refractivity contribution is 5.73. The number of nitrogens with two attached hydrogens (primary N) is 1. The first-order valence-corrected chi connectivity index (χ1v) is 5.03. The molecule has 1 amide bonds. The van der Waals surface area contributed by atoms with E-state index in [1.54, 1.807) is 6.92 Å². The van der Waals surface area contributed by atoms with E-state index >= 15 is 0 Å². The van der Waals surface area contributed by atoms with Crippen molar-refractivity contribution in [1.82, 2.24) is 5.32 Å². The Balaban J connectivity index is 2.56. The average Bonchev–Trinajstić information content (AvgIpc) is 1.96. The second-order valence-electron chi connectivity index (χ2n) is 4.44. The minimum Gasteiger partial charge on any atom is -0.352 e. The van der Waals surface area contributed by atoms with Gasteiger partial charge in [-0.15, -0.1) is 0 Å². The highest BCUT2D eigenvalue weighted by Gasteiger charge is 2.31. The molecule has 3 heteroatoms. The van der Waals surface area contributed by atoms with Crippen LogP contribution in [0.15, 0.2) is 0 Å². The van der Waals surface area contributed by atoms with E-state index < -0.39 is 0 Å². The Bertz CT molecular complexity index is 181. The number of amides is 1. The molecule has 13 heavy (non-hydrogen) atoms. The molecule has 0 unspecified atom stereocenters. The van der Waals surface area contributed by atoms with Gasteiger partial charge in [-0.1, -0.05) is 13.8 Å². The van der Waals surface area contributed by atoms with E-state index in [2.05, 4.69) is 19.2 Å². The molecule has 0 aromatic heterocycles. The van der Waals surface area contributed by atoms with Crippen molar-refractivity contribution in [1.29, 1.82) is 0 Å². The van der Waals surface area contributed by atoms with Crippen LogP contribution >= 0.6 is 0 Å². The molecule has 1 saturated carbocycles. The van der Waals surface area contributed by atoms with Crippen molar-refractivity contribution in [2.45, 2.75) is 45.7 Å². The molecule has 0 aromatic rings. The molecule has 0 aliphatic heterocycles. The third-order valence-electron chi connectivity index (χ3n) is 2.89. The fourth-order valence-corrected chi connectivity index (χ4v) is 2.39. The topological polar surface area (TPSA) is 55.1 Å². The molecule has 0 radical (unpaired) electrons. The zero-order valence-corrected chi connectivity index (χ0v) is 8.71. The number of rotatable bonds is 1. The van der Waals surface area contributed by atoms with Gasteiger partial charge in [-0.25, -0.2) is 0 Å². The number of carbonyl (C=O) groups excluding carboxylic acids is 1. The molecule has 1 rings (SSSR count). The maximum Gasteiger partial charge on any atom is 0.217 e. The molecular formula is C10H20N2O. The van der Waals surface area contributed by atoms with Crippen LogP contribution in [-0.2, 0) is 4.79 Å². The van der Waals surface area contributed by atoms with E-state index in [0.29, 0.717) is 11.8 Å². The Kier molecular flexibility index (Phi) is 3.31. The van der Waals surface area contributed by atoms with E-state index in [0.717, 1.165) is 6.42 Å². The van der Waals surface area contributed by atoms with E-state index in [9.17, 15) is 4.79 Å². The summed E-state index contributed by atoms with van der Waals surface area (Å²) in [5.41, 5.74) is 5.99. The lowest BCUT2D eigenvalue weighted by Gasteiger charge is -2.37. The number of hydrogen-bond donors (Lipinski definition) is 2. The third-order valence-corrected chi connectivity index (χ3v) is 2.89. The van der Waals surface area contributed by atoms with Gasteiger partial charge in [0.05, 0.1) is 0 Å². The zero-order chi connectivity index (χ0) is 10.0. The van der Waals surface area contributed by atoms with Gasteiger partial charge in [0.25, 0.3) is 0 Å². The summed E-state index contributed by atoms with van der Waals surface area (Å²) in [7, 11) is 0. The Morgan fingerprint density at radius 1 is 1.38 bits per heavy atom. The first-order chi connectivity index (χ1) is 6.00. The normalized spacial score (nSPS) is 40.0. The summed E-state index contributed by atoms with van der Waals surface area (Å²) in [6, 6.07) is 0.302. The minimum atomic E-state index is 0.0295. The van der Waals surface area contributed by atoms with Crippen molar-refractivity contribution in [3.05, 3.63) is 0 Å². The van der Waals surface area contributed by atoms with Crippen molar-refractivity contribution < 1.29 is 4.79 Å². The highest BCUT2D eigenvalue weighted by atomic mass is 16.1. The molecule has 0 saturated heterocycles. The van der Waals surface area contributed by atoms with Gasteiger partial charge in [0, 0.05) is 19.0 Å². The Morgan fingerprint density at radius 3 is 2.46 bits per heavy atom. The second-order valence-corrected chi connectivity index (χ2v) is 4.44. The lowest BCUT2D eigenvalue weighted by atomic mass is 9.77. The molecule has 4 atom stereocenters. The summed E-state index contributed by atoms with van der Waals surface area (Å²) < 4.78 is 0. The van der Waals surface area contributed by atoms with E-state index in [1.807, 2.05) is 0 Å². The van der Waals surface area contributed by atoms with Gasteiger partial charge in [0.2, 0.25) is 5.91 Å².